The predicted molar refractivity (Wildman–Crippen MR) is 46.1 cm³/mol. The molecule has 0 aromatic heterocycles. The van der Waals surface area contributed by atoms with Crippen molar-refractivity contribution in [2.75, 3.05) is 33.9 Å². The van der Waals surface area contributed by atoms with E-state index in [2.05, 4.69) is 10.6 Å². The number of hydrogen-bond donors (Lipinski definition) is 2. The molecule has 4 nitrogen and oxygen atoms in total. The molecule has 0 aromatic carbocycles. The molecule has 0 aliphatic rings. The van der Waals surface area contributed by atoms with Crippen molar-refractivity contribution in [1.82, 2.24) is 10.6 Å². The van der Waals surface area contributed by atoms with Crippen molar-refractivity contribution in [3.05, 3.63) is 0 Å². The largest absolute Gasteiger partial charge is 0.383 e. The van der Waals surface area contributed by atoms with Gasteiger partial charge in [-0.1, -0.05) is 0 Å². The maximum absolute atomic E-state index is 10.7. The van der Waals surface area contributed by atoms with Crippen LogP contribution in [-0.2, 0) is 9.53 Å². The highest BCUT2D eigenvalue weighted by atomic mass is 35.5. The Morgan fingerprint density at radius 1 is 1.55 bits per heavy atom. The molecule has 11 heavy (non-hydrogen) atoms. The van der Waals surface area contributed by atoms with Crippen LogP contribution in [0, 0.1) is 0 Å². The van der Waals surface area contributed by atoms with E-state index in [1.165, 1.54) is 0 Å². The molecule has 2 N–H and O–H groups in total. The molecular weight excluding hydrogens is 168 g/mol. The molecule has 0 atom stereocenters. The number of hydrogen-bond acceptors (Lipinski definition) is 3. The van der Waals surface area contributed by atoms with Crippen LogP contribution in [0.15, 0.2) is 0 Å². The highest BCUT2D eigenvalue weighted by Gasteiger charge is 1.94. The minimum absolute atomic E-state index is 0. The first kappa shape index (κ1) is 13.3. The third-order valence-electron chi connectivity index (χ3n) is 0.966. The number of halogens is 1. The van der Waals surface area contributed by atoms with Gasteiger partial charge in [-0.15, -0.1) is 12.4 Å². The van der Waals surface area contributed by atoms with Gasteiger partial charge in [0.25, 0.3) is 0 Å². The Balaban J connectivity index is 0. The third kappa shape index (κ3) is 9.68. The van der Waals surface area contributed by atoms with Crippen LogP contribution in [0.4, 0.5) is 0 Å². The van der Waals surface area contributed by atoms with E-state index in [0.717, 1.165) is 0 Å². The number of ether oxygens (including phenoxy) is 1. The third-order valence-corrected chi connectivity index (χ3v) is 0.966. The second kappa shape index (κ2) is 9.68. The van der Waals surface area contributed by atoms with Crippen molar-refractivity contribution in [1.29, 1.82) is 0 Å². The van der Waals surface area contributed by atoms with Crippen LogP contribution in [0.1, 0.15) is 0 Å². The molecule has 0 aliphatic heterocycles. The molecular formula is C6H15ClN2O2. The van der Waals surface area contributed by atoms with Crippen LogP contribution < -0.4 is 10.6 Å². The van der Waals surface area contributed by atoms with Gasteiger partial charge in [-0.3, -0.25) is 4.79 Å². The Morgan fingerprint density at radius 3 is 2.64 bits per heavy atom. The molecule has 5 heteroatoms. The molecule has 0 radical (unpaired) electrons. The lowest BCUT2D eigenvalue weighted by Gasteiger charge is -2.02. The molecule has 0 unspecified atom stereocenters. The Hall–Kier alpha value is -0.320. The summed E-state index contributed by atoms with van der Waals surface area (Å²) in [6, 6.07) is 0. The Bertz CT molecular complexity index is 101. The Labute approximate surface area is 73.1 Å². The normalized spacial score (nSPS) is 8.55. The maximum atomic E-state index is 10.7. The van der Waals surface area contributed by atoms with E-state index in [0.29, 0.717) is 19.7 Å². The molecule has 0 saturated carbocycles. The molecule has 0 aliphatic carbocycles. The lowest BCUT2D eigenvalue weighted by molar-refractivity contribution is -0.120. The number of nitrogens with one attached hydrogen (secondary N) is 2. The minimum Gasteiger partial charge on any atom is -0.383 e. The Morgan fingerprint density at radius 2 is 2.18 bits per heavy atom. The molecule has 0 bridgehead atoms. The SMILES string of the molecule is CNCC(=O)NCCOC.Cl. The van der Waals surface area contributed by atoms with Crippen molar-refractivity contribution in [2.45, 2.75) is 0 Å². The summed E-state index contributed by atoms with van der Waals surface area (Å²) >= 11 is 0. The monoisotopic (exact) mass is 182 g/mol. The minimum atomic E-state index is -0.000417. The van der Waals surface area contributed by atoms with Crippen LogP contribution in [0.25, 0.3) is 0 Å². The average molecular weight is 183 g/mol. The van der Waals surface area contributed by atoms with Crippen LogP contribution in [0.3, 0.4) is 0 Å². The number of rotatable bonds is 5. The van der Waals surface area contributed by atoms with Crippen molar-refractivity contribution >= 4 is 18.3 Å². The van der Waals surface area contributed by atoms with Gasteiger partial charge in [0.15, 0.2) is 0 Å². The van der Waals surface area contributed by atoms with Crippen LogP contribution >= 0.6 is 12.4 Å². The predicted octanol–water partition coefficient (Wildman–Crippen LogP) is -0.610. The lowest BCUT2D eigenvalue weighted by Crippen LogP contribution is -2.34. The summed E-state index contributed by atoms with van der Waals surface area (Å²) in [6.07, 6.45) is 0. The topological polar surface area (TPSA) is 50.4 Å². The first-order valence-corrected chi connectivity index (χ1v) is 3.21. The fourth-order valence-corrected chi connectivity index (χ4v) is 0.516. The number of carbonyl (C=O) groups is 1. The summed E-state index contributed by atoms with van der Waals surface area (Å²) in [5.41, 5.74) is 0. The zero-order chi connectivity index (χ0) is 7.82. The lowest BCUT2D eigenvalue weighted by atomic mass is 10.5. The van der Waals surface area contributed by atoms with Gasteiger partial charge in [0.05, 0.1) is 13.2 Å². The van der Waals surface area contributed by atoms with Crippen LogP contribution in [-0.4, -0.2) is 39.8 Å². The standard InChI is InChI=1S/C6H14N2O2.ClH/c1-7-5-6(9)8-3-4-10-2;/h7H,3-5H2,1-2H3,(H,8,9);1H. The average Bonchev–Trinajstić information content (AvgIpc) is 1.89. The molecule has 0 aromatic rings. The van der Waals surface area contributed by atoms with Gasteiger partial charge in [-0.05, 0) is 7.05 Å². The summed E-state index contributed by atoms with van der Waals surface area (Å²) in [5.74, 6) is -0.000417. The van der Waals surface area contributed by atoms with Gasteiger partial charge in [0.2, 0.25) is 5.91 Å². The molecule has 0 heterocycles. The van der Waals surface area contributed by atoms with E-state index < -0.39 is 0 Å². The Kier molecular flexibility index (Phi) is 11.7. The zero-order valence-electron chi connectivity index (χ0n) is 6.85. The second-order valence-corrected chi connectivity index (χ2v) is 1.87. The van der Waals surface area contributed by atoms with E-state index >= 15 is 0 Å². The molecule has 0 rings (SSSR count). The second-order valence-electron chi connectivity index (χ2n) is 1.87. The maximum Gasteiger partial charge on any atom is 0.234 e. The highest BCUT2D eigenvalue weighted by Crippen LogP contribution is 1.65. The number of carbonyl (C=O) groups excluding carboxylic acids is 1. The summed E-state index contributed by atoms with van der Waals surface area (Å²) in [7, 11) is 3.33. The van der Waals surface area contributed by atoms with E-state index in [1.807, 2.05) is 0 Å². The molecule has 1 amide bonds. The highest BCUT2D eigenvalue weighted by molar-refractivity contribution is 5.85. The summed E-state index contributed by atoms with van der Waals surface area (Å²) < 4.78 is 4.74. The van der Waals surface area contributed by atoms with Gasteiger partial charge >= 0.3 is 0 Å². The van der Waals surface area contributed by atoms with Gasteiger partial charge in [-0.2, -0.15) is 0 Å². The van der Waals surface area contributed by atoms with Crippen molar-refractivity contribution < 1.29 is 9.53 Å². The van der Waals surface area contributed by atoms with E-state index in [-0.39, 0.29) is 18.3 Å². The first-order chi connectivity index (χ1) is 4.81. The number of amides is 1. The summed E-state index contributed by atoms with van der Waals surface area (Å²) in [4.78, 5) is 10.7. The van der Waals surface area contributed by atoms with Crippen LogP contribution in [0.2, 0.25) is 0 Å². The van der Waals surface area contributed by atoms with E-state index in [9.17, 15) is 4.79 Å². The number of methoxy groups -OCH3 is 1. The van der Waals surface area contributed by atoms with E-state index in [1.54, 1.807) is 14.2 Å². The molecule has 0 saturated heterocycles. The number of likely N-dealkylation sites (N-methyl/N-ethyl adjacent to an activating group) is 1. The van der Waals surface area contributed by atoms with Crippen molar-refractivity contribution in [3.8, 4) is 0 Å². The van der Waals surface area contributed by atoms with Gasteiger partial charge in [0.1, 0.15) is 0 Å². The molecule has 0 fully saturated rings. The zero-order valence-corrected chi connectivity index (χ0v) is 7.66. The van der Waals surface area contributed by atoms with Crippen LogP contribution in [0.5, 0.6) is 0 Å². The first-order valence-electron chi connectivity index (χ1n) is 3.21. The van der Waals surface area contributed by atoms with Gasteiger partial charge < -0.3 is 15.4 Å². The summed E-state index contributed by atoms with van der Waals surface area (Å²) in [5, 5.41) is 5.40. The van der Waals surface area contributed by atoms with Gasteiger partial charge in [0, 0.05) is 13.7 Å². The van der Waals surface area contributed by atoms with Crippen molar-refractivity contribution in [2.24, 2.45) is 0 Å². The molecule has 0 spiro atoms. The summed E-state index contributed by atoms with van der Waals surface area (Å²) in [6.45, 7) is 1.51. The van der Waals surface area contributed by atoms with Crippen molar-refractivity contribution in [3.63, 3.8) is 0 Å². The quantitative estimate of drug-likeness (QED) is 0.558. The fourth-order valence-electron chi connectivity index (χ4n) is 0.516. The van der Waals surface area contributed by atoms with Gasteiger partial charge in [-0.25, -0.2) is 0 Å². The van der Waals surface area contributed by atoms with E-state index in [4.69, 9.17) is 4.74 Å². The molecule has 68 valence electrons. The fraction of sp³-hybridized carbons (Fsp3) is 0.833. The smallest absolute Gasteiger partial charge is 0.234 e.